The summed E-state index contributed by atoms with van der Waals surface area (Å²) in [6.07, 6.45) is 7.03. The van der Waals surface area contributed by atoms with Crippen LogP contribution >= 0.6 is 0 Å². The first-order chi connectivity index (χ1) is 9.25. The van der Waals surface area contributed by atoms with Crippen molar-refractivity contribution in [3.8, 4) is 0 Å². The Morgan fingerprint density at radius 2 is 1.74 bits per heavy atom. The fourth-order valence-electron chi connectivity index (χ4n) is 3.31. The van der Waals surface area contributed by atoms with Crippen LogP contribution in [0.3, 0.4) is 0 Å². The number of hydrogen-bond donors (Lipinski definition) is 1. The van der Waals surface area contributed by atoms with Gasteiger partial charge in [-0.3, -0.25) is 0 Å². The quantitative estimate of drug-likeness (QED) is 0.770. The van der Waals surface area contributed by atoms with Gasteiger partial charge in [0, 0.05) is 0 Å². The summed E-state index contributed by atoms with van der Waals surface area (Å²) in [5, 5.41) is 3.68. The molecule has 1 atom stereocenters. The summed E-state index contributed by atoms with van der Waals surface area (Å²) in [5.41, 5.74) is 1.51. The van der Waals surface area contributed by atoms with E-state index in [0.29, 0.717) is 0 Å². The standard InChI is InChI=1S/C18H29N/c1-15(2)13-19-14-18(17-10-6-7-11-17)12-16-8-4-3-5-9-16/h3-5,8-9,15,17-19H,6-7,10-14H2,1-2H3. The largest absolute Gasteiger partial charge is 0.316 e. The predicted octanol–water partition coefficient (Wildman–Crippen LogP) is 4.28. The highest BCUT2D eigenvalue weighted by Gasteiger charge is 2.24. The lowest BCUT2D eigenvalue weighted by atomic mass is 9.85. The zero-order valence-corrected chi connectivity index (χ0v) is 12.6. The van der Waals surface area contributed by atoms with Crippen molar-refractivity contribution in [2.45, 2.75) is 46.0 Å². The molecule has 0 bridgehead atoms. The molecule has 1 nitrogen and oxygen atoms in total. The first kappa shape index (κ1) is 14.6. The van der Waals surface area contributed by atoms with Gasteiger partial charge in [0.05, 0.1) is 0 Å². The van der Waals surface area contributed by atoms with E-state index in [4.69, 9.17) is 0 Å². The molecule has 1 fully saturated rings. The third kappa shape index (κ3) is 4.99. The molecule has 106 valence electrons. The second-order valence-corrected chi connectivity index (χ2v) is 6.55. The highest BCUT2D eigenvalue weighted by molar-refractivity contribution is 5.15. The van der Waals surface area contributed by atoms with Crippen LogP contribution in [0.25, 0.3) is 0 Å². The van der Waals surface area contributed by atoms with Gasteiger partial charge in [0.1, 0.15) is 0 Å². The van der Waals surface area contributed by atoms with Crippen molar-refractivity contribution in [3.63, 3.8) is 0 Å². The van der Waals surface area contributed by atoms with Crippen molar-refractivity contribution < 1.29 is 0 Å². The summed E-state index contributed by atoms with van der Waals surface area (Å²) in [6.45, 7) is 6.92. The van der Waals surface area contributed by atoms with Gasteiger partial charge in [-0.1, -0.05) is 69.9 Å². The minimum absolute atomic E-state index is 0.751. The van der Waals surface area contributed by atoms with Gasteiger partial charge in [-0.25, -0.2) is 0 Å². The van der Waals surface area contributed by atoms with Crippen LogP contribution in [0.4, 0.5) is 0 Å². The summed E-state index contributed by atoms with van der Waals surface area (Å²) in [7, 11) is 0. The molecule has 0 radical (unpaired) electrons. The van der Waals surface area contributed by atoms with Gasteiger partial charge >= 0.3 is 0 Å². The lowest BCUT2D eigenvalue weighted by Gasteiger charge is -2.24. The zero-order chi connectivity index (χ0) is 13.5. The maximum absolute atomic E-state index is 3.68. The Balaban J connectivity index is 1.89. The van der Waals surface area contributed by atoms with E-state index in [0.717, 1.165) is 24.3 Å². The Morgan fingerprint density at radius 3 is 2.37 bits per heavy atom. The van der Waals surface area contributed by atoms with E-state index < -0.39 is 0 Å². The van der Waals surface area contributed by atoms with Crippen molar-refractivity contribution in [1.82, 2.24) is 5.32 Å². The lowest BCUT2D eigenvalue weighted by Crippen LogP contribution is -2.31. The molecule has 0 heterocycles. The third-order valence-corrected chi connectivity index (χ3v) is 4.37. The monoisotopic (exact) mass is 259 g/mol. The van der Waals surface area contributed by atoms with Crippen LogP contribution in [-0.4, -0.2) is 13.1 Å². The molecule has 0 spiro atoms. The van der Waals surface area contributed by atoms with E-state index in [9.17, 15) is 0 Å². The van der Waals surface area contributed by atoms with E-state index in [-0.39, 0.29) is 0 Å². The van der Waals surface area contributed by atoms with E-state index in [2.05, 4.69) is 49.5 Å². The lowest BCUT2D eigenvalue weighted by molar-refractivity contribution is 0.316. The van der Waals surface area contributed by atoms with Gasteiger partial charge in [0.2, 0.25) is 0 Å². The summed E-state index contributed by atoms with van der Waals surface area (Å²) < 4.78 is 0. The predicted molar refractivity (Wildman–Crippen MR) is 83.3 cm³/mol. The van der Waals surface area contributed by atoms with Crippen molar-refractivity contribution in [1.29, 1.82) is 0 Å². The molecular formula is C18H29N. The summed E-state index contributed by atoms with van der Waals surface area (Å²) >= 11 is 0. The molecule has 0 aromatic heterocycles. The smallest absolute Gasteiger partial charge is 0.00146 e. The number of nitrogens with one attached hydrogen (secondary N) is 1. The molecule has 1 N–H and O–H groups in total. The molecule has 1 aromatic rings. The molecule has 1 aromatic carbocycles. The molecule has 1 aliphatic rings. The minimum atomic E-state index is 0.751. The van der Waals surface area contributed by atoms with Crippen LogP contribution in [-0.2, 0) is 6.42 Å². The maximum atomic E-state index is 3.68. The van der Waals surface area contributed by atoms with Gasteiger partial charge in [0.15, 0.2) is 0 Å². The average Bonchev–Trinajstić information content (AvgIpc) is 2.92. The molecule has 1 aliphatic carbocycles. The van der Waals surface area contributed by atoms with Gasteiger partial charge in [-0.05, 0) is 42.8 Å². The Morgan fingerprint density at radius 1 is 1.05 bits per heavy atom. The highest BCUT2D eigenvalue weighted by Crippen LogP contribution is 2.33. The summed E-state index contributed by atoms with van der Waals surface area (Å²) in [5.74, 6) is 2.52. The van der Waals surface area contributed by atoms with Crippen molar-refractivity contribution in [3.05, 3.63) is 35.9 Å². The molecule has 2 rings (SSSR count). The van der Waals surface area contributed by atoms with Crippen LogP contribution in [0.1, 0.15) is 45.1 Å². The van der Waals surface area contributed by atoms with Gasteiger partial charge < -0.3 is 5.32 Å². The molecule has 1 unspecified atom stereocenters. The number of benzene rings is 1. The van der Waals surface area contributed by atoms with Gasteiger partial charge in [-0.2, -0.15) is 0 Å². The normalized spacial score (nSPS) is 18.1. The fourth-order valence-corrected chi connectivity index (χ4v) is 3.31. The first-order valence-corrected chi connectivity index (χ1v) is 8.00. The van der Waals surface area contributed by atoms with Crippen LogP contribution in [0.15, 0.2) is 30.3 Å². The minimum Gasteiger partial charge on any atom is -0.316 e. The zero-order valence-electron chi connectivity index (χ0n) is 12.6. The van der Waals surface area contributed by atoms with Gasteiger partial charge in [0.25, 0.3) is 0 Å². The molecule has 0 saturated heterocycles. The third-order valence-electron chi connectivity index (χ3n) is 4.37. The van der Waals surface area contributed by atoms with E-state index in [1.807, 2.05) is 0 Å². The molecule has 0 amide bonds. The Labute approximate surface area is 118 Å². The van der Waals surface area contributed by atoms with Crippen LogP contribution in [0.5, 0.6) is 0 Å². The van der Waals surface area contributed by atoms with E-state index >= 15 is 0 Å². The van der Waals surface area contributed by atoms with E-state index in [1.54, 1.807) is 0 Å². The van der Waals surface area contributed by atoms with Gasteiger partial charge in [-0.15, -0.1) is 0 Å². The maximum Gasteiger partial charge on any atom is -0.00146 e. The second-order valence-electron chi connectivity index (χ2n) is 6.55. The average molecular weight is 259 g/mol. The molecular weight excluding hydrogens is 230 g/mol. The SMILES string of the molecule is CC(C)CNCC(Cc1ccccc1)C1CCCC1. The van der Waals surface area contributed by atoms with Crippen LogP contribution in [0.2, 0.25) is 0 Å². The molecule has 1 heteroatoms. The topological polar surface area (TPSA) is 12.0 Å². The Bertz CT molecular complexity index is 338. The Kier molecular flexibility index (Phi) is 5.91. The molecule has 1 saturated carbocycles. The van der Waals surface area contributed by atoms with Crippen molar-refractivity contribution >= 4 is 0 Å². The fraction of sp³-hybridized carbons (Fsp3) is 0.667. The van der Waals surface area contributed by atoms with Crippen LogP contribution in [0, 0.1) is 17.8 Å². The molecule has 0 aliphatic heterocycles. The molecule has 19 heavy (non-hydrogen) atoms. The Hall–Kier alpha value is -0.820. The number of hydrogen-bond acceptors (Lipinski definition) is 1. The summed E-state index contributed by atoms with van der Waals surface area (Å²) in [6, 6.07) is 11.0. The second kappa shape index (κ2) is 7.69. The van der Waals surface area contributed by atoms with Crippen molar-refractivity contribution in [2.75, 3.05) is 13.1 Å². The van der Waals surface area contributed by atoms with Crippen molar-refractivity contribution in [2.24, 2.45) is 17.8 Å². The highest BCUT2D eigenvalue weighted by atomic mass is 14.9. The summed E-state index contributed by atoms with van der Waals surface area (Å²) in [4.78, 5) is 0. The first-order valence-electron chi connectivity index (χ1n) is 8.00. The number of rotatable bonds is 7. The van der Waals surface area contributed by atoms with E-state index in [1.165, 1.54) is 44.2 Å². The van der Waals surface area contributed by atoms with Crippen LogP contribution < -0.4 is 5.32 Å².